The van der Waals surface area contributed by atoms with Gasteiger partial charge in [-0.25, -0.2) is 0 Å². The lowest BCUT2D eigenvalue weighted by Gasteiger charge is -2.12. The van der Waals surface area contributed by atoms with E-state index in [-0.39, 0.29) is 17.9 Å². The van der Waals surface area contributed by atoms with Crippen LogP contribution in [0.15, 0.2) is 60.7 Å². The van der Waals surface area contributed by atoms with Crippen molar-refractivity contribution in [3.63, 3.8) is 0 Å². The summed E-state index contributed by atoms with van der Waals surface area (Å²) in [5.74, 6) is 0.967. The van der Waals surface area contributed by atoms with Crippen molar-refractivity contribution in [2.75, 3.05) is 7.11 Å². The van der Waals surface area contributed by atoms with Gasteiger partial charge < -0.3 is 9.47 Å². The third kappa shape index (κ3) is 5.54. The summed E-state index contributed by atoms with van der Waals surface area (Å²) in [6, 6.07) is 18.4. The number of benzene rings is 3. The number of methoxy groups -OCH3 is 1. The Bertz CT molecular complexity index is 1200. The van der Waals surface area contributed by atoms with Gasteiger partial charge in [-0.2, -0.15) is 5.26 Å². The van der Waals surface area contributed by atoms with Crippen molar-refractivity contribution < 1.29 is 14.4 Å². The Morgan fingerprint density at radius 1 is 1.13 bits per heavy atom. The quantitative estimate of drug-likeness (QED) is 0.174. The number of nitro groups is 1. The molecule has 0 spiro atoms. The van der Waals surface area contributed by atoms with Gasteiger partial charge in [0.15, 0.2) is 11.5 Å². The Balaban J connectivity index is 1.85. The van der Waals surface area contributed by atoms with Gasteiger partial charge in [-0.1, -0.05) is 47.5 Å². The highest BCUT2D eigenvalue weighted by Crippen LogP contribution is 2.32. The van der Waals surface area contributed by atoms with Gasteiger partial charge in [0.25, 0.3) is 5.69 Å². The van der Waals surface area contributed by atoms with E-state index < -0.39 is 4.92 Å². The molecule has 0 aliphatic carbocycles. The molecule has 3 aromatic carbocycles. The molecule has 0 heterocycles. The minimum Gasteiger partial charge on any atom is -0.493 e. The van der Waals surface area contributed by atoms with Gasteiger partial charge in [0.1, 0.15) is 6.61 Å². The molecule has 0 N–H and O–H groups in total. The number of halogens is 2. The van der Waals surface area contributed by atoms with Crippen LogP contribution in [-0.2, 0) is 6.61 Å². The molecule has 0 amide bonds. The van der Waals surface area contributed by atoms with Crippen LogP contribution in [0.4, 0.5) is 5.69 Å². The molecule has 0 radical (unpaired) electrons. The Labute approximate surface area is 189 Å². The van der Waals surface area contributed by atoms with Crippen LogP contribution in [0, 0.1) is 21.4 Å². The fraction of sp³-hybridized carbons (Fsp3) is 0.0870. The second-order valence-electron chi connectivity index (χ2n) is 6.41. The van der Waals surface area contributed by atoms with Crippen LogP contribution >= 0.6 is 23.2 Å². The second-order valence-corrected chi connectivity index (χ2v) is 7.26. The molecule has 0 saturated carbocycles. The van der Waals surface area contributed by atoms with Gasteiger partial charge >= 0.3 is 0 Å². The molecule has 0 atom stereocenters. The third-order valence-corrected chi connectivity index (χ3v) is 4.97. The largest absolute Gasteiger partial charge is 0.493 e. The van der Waals surface area contributed by atoms with Crippen LogP contribution in [-0.4, -0.2) is 12.0 Å². The number of hydrogen-bond acceptors (Lipinski definition) is 5. The first kappa shape index (κ1) is 22.2. The predicted octanol–water partition coefficient (Wildman–Crippen LogP) is 6.55. The number of nitriles is 1. The van der Waals surface area contributed by atoms with E-state index in [1.165, 1.54) is 25.3 Å². The molecule has 156 valence electrons. The zero-order valence-corrected chi connectivity index (χ0v) is 17.9. The number of nitro benzene ring substituents is 1. The van der Waals surface area contributed by atoms with Crippen molar-refractivity contribution in [3.05, 3.63) is 97.5 Å². The van der Waals surface area contributed by atoms with E-state index in [1.54, 1.807) is 48.5 Å². The van der Waals surface area contributed by atoms with Gasteiger partial charge in [0.2, 0.25) is 0 Å². The first-order valence-electron chi connectivity index (χ1n) is 9.02. The first-order valence-corrected chi connectivity index (χ1v) is 9.78. The topological polar surface area (TPSA) is 85.4 Å². The van der Waals surface area contributed by atoms with Crippen molar-refractivity contribution in [1.82, 2.24) is 0 Å². The molecule has 0 aromatic heterocycles. The molecule has 0 fully saturated rings. The maximum atomic E-state index is 11.0. The number of nitrogens with zero attached hydrogens (tertiary/aromatic N) is 2. The van der Waals surface area contributed by atoms with Gasteiger partial charge in [-0.05, 0) is 41.5 Å². The highest BCUT2D eigenvalue weighted by molar-refractivity contribution is 6.35. The molecule has 3 rings (SSSR count). The molecule has 3 aromatic rings. The lowest BCUT2D eigenvalue weighted by atomic mass is 10.0. The summed E-state index contributed by atoms with van der Waals surface area (Å²) in [4.78, 5) is 10.5. The average molecular weight is 455 g/mol. The Morgan fingerprint density at radius 2 is 1.94 bits per heavy atom. The molecule has 0 aliphatic heterocycles. The van der Waals surface area contributed by atoms with Crippen molar-refractivity contribution in [2.24, 2.45) is 0 Å². The molecule has 0 bridgehead atoms. The highest BCUT2D eigenvalue weighted by atomic mass is 35.5. The lowest BCUT2D eigenvalue weighted by Crippen LogP contribution is -1.98. The zero-order valence-electron chi connectivity index (χ0n) is 16.3. The van der Waals surface area contributed by atoms with Gasteiger partial charge in [0, 0.05) is 27.7 Å². The monoisotopic (exact) mass is 454 g/mol. The molecule has 0 saturated heterocycles. The van der Waals surface area contributed by atoms with Crippen LogP contribution in [0.25, 0.3) is 11.6 Å². The van der Waals surface area contributed by atoms with Crippen molar-refractivity contribution >= 4 is 40.5 Å². The average Bonchev–Trinajstić information content (AvgIpc) is 2.77. The predicted molar refractivity (Wildman–Crippen MR) is 120 cm³/mol. The highest BCUT2D eigenvalue weighted by Gasteiger charge is 2.11. The molecule has 8 heteroatoms. The number of hydrogen-bond donors (Lipinski definition) is 0. The Hall–Kier alpha value is -3.53. The van der Waals surface area contributed by atoms with Gasteiger partial charge in [-0.3, -0.25) is 10.1 Å². The van der Waals surface area contributed by atoms with E-state index in [4.69, 9.17) is 32.7 Å². The summed E-state index contributed by atoms with van der Waals surface area (Å²) in [5.41, 5.74) is 2.10. The fourth-order valence-corrected chi connectivity index (χ4v) is 3.28. The third-order valence-electron chi connectivity index (χ3n) is 4.39. The Kier molecular flexibility index (Phi) is 7.14. The summed E-state index contributed by atoms with van der Waals surface area (Å²) in [6.45, 7) is 0.221. The minimum absolute atomic E-state index is 0.0826. The number of rotatable bonds is 7. The molecule has 31 heavy (non-hydrogen) atoms. The molecular formula is C23H16Cl2N2O4. The summed E-state index contributed by atoms with van der Waals surface area (Å²) in [5, 5.41) is 21.6. The minimum atomic E-state index is -0.499. The van der Waals surface area contributed by atoms with E-state index in [0.717, 1.165) is 5.56 Å². The fourth-order valence-electron chi connectivity index (χ4n) is 2.82. The molecule has 6 nitrogen and oxygen atoms in total. The van der Waals surface area contributed by atoms with Gasteiger partial charge in [-0.15, -0.1) is 0 Å². The first-order chi connectivity index (χ1) is 14.9. The summed E-state index contributed by atoms with van der Waals surface area (Å²) >= 11 is 12.1. The molecule has 0 aliphatic rings. The maximum absolute atomic E-state index is 11.0. The van der Waals surface area contributed by atoms with Crippen LogP contribution in [0.5, 0.6) is 11.5 Å². The Morgan fingerprint density at radius 3 is 2.61 bits per heavy atom. The second kappa shape index (κ2) is 9.98. The van der Waals surface area contributed by atoms with E-state index in [2.05, 4.69) is 6.07 Å². The van der Waals surface area contributed by atoms with Crippen LogP contribution in [0.2, 0.25) is 10.0 Å². The van der Waals surface area contributed by atoms with Crippen LogP contribution in [0.3, 0.4) is 0 Å². The number of ether oxygens (including phenoxy) is 2. The van der Waals surface area contributed by atoms with Crippen molar-refractivity contribution in [2.45, 2.75) is 6.61 Å². The van der Waals surface area contributed by atoms with Crippen molar-refractivity contribution in [3.8, 4) is 17.6 Å². The van der Waals surface area contributed by atoms with E-state index in [0.29, 0.717) is 32.7 Å². The van der Waals surface area contributed by atoms with Crippen LogP contribution < -0.4 is 9.47 Å². The summed E-state index contributed by atoms with van der Waals surface area (Å²) < 4.78 is 11.2. The number of non-ortho nitro benzene ring substituents is 1. The smallest absolute Gasteiger partial charge is 0.270 e. The maximum Gasteiger partial charge on any atom is 0.270 e. The lowest BCUT2D eigenvalue weighted by molar-refractivity contribution is -0.384. The standard InChI is InChI=1S/C23H16Cl2N2O4/c1-30-23-10-15(9-18(13-26)16-3-2-4-20(11-16)27(28)29)5-8-22(23)31-14-17-6-7-19(24)12-21(17)25/h2-12H,14H2,1H3/b18-9-. The summed E-state index contributed by atoms with van der Waals surface area (Å²) in [6.07, 6.45) is 1.63. The number of allylic oxidation sites excluding steroid dienone is 1. The van der Waals surface area contributed by atoms with Crippen molar-refractivity contribution in [1.29, 1.82) is 5.26 Å². The molecular weight excluding hydrogens is 439 g/mol. The van der Waals surface area contributed by atoms with E-state index in [9.17, 15) is 15.4 Å². The normalized spacial score (nSPS) is 11.0. The van der Waals surface area contributed by atoms with E-state index >= 15 is 0 Å². The SMILES string of the molecule is COc1cc(/C=C(/C#N)c2cccc([N+](=O)[O-])c2)ccc1OCc1ccc(Cl)cc1Cl. The zero-order chi connectivity index (χ0) is 22.4. The van der Waals surface area contributed by atoms with Crippen LogP contribution in [0.1, 0.15) is 16.7 Å². The van der Waals surface area contributed by atoms with Gasteiger partial charge in [0.05, 0.1) is 23.7 Å². The molecule has 0 unspecified atom stereocenters. The summed E-state index contributed by atoms with van der Waals surface area (Å²) in [7, 11) is 1.51. The van der Waals surface area contributed by atoms with E-state index in [1.807, 2.05) is 0 Å².